The van der Waals surface area contributed by atoms with E-state index in [9.17, 15) is 14.4 Å². The molecule has 0 aromatic heterocycles. The molecule has 0 saturated carbocycles. The SMILES string of the molecule is COCOCc1ccc(N2C(=O)CC(=O)N(CCCOc3ccc(C)cc3C)C2=O)cc1. The summed E-state index contributed by atoms with van der Waals surface area (Å²) in [6, 6.07) is 12.1. The topological polar surface area (TPSA) is 85.4 Å². The molecule has 4 amide bonds. The number of barbiturate groups is 1. The maximum absolute atomic E-state index is 12.9. The second kappa shape index (κ2) is 10.9. The Hall–Kier alpha value is -3.23. The summed E-state index contributed by atoms with van der Waals surface area (Å²) < 4.78 is 15.9. The van der Waals surface area contributed by atoms with Crippen LogP contribution < -0.4 is 9.64 Å². The summed E-state index contributed by atoms with van der Waals surface area (Å²) >= 11 is 0. The summed E-state index contributed by atoms with van der Waals surface area (Å²) in [6.07, 6.45) is 0.116. The smallest absolute Gasteiger partial charge is 0.338 e. The van der Waals surface area contributed by atoms with E-state index in [-0.39, 0.29) is 19.8 Å². The third kappa shape index (κ3) is 5.72. The van der Waals surface area contributed by atoms with Gasteiger partial charge in [-0.2, -0.15) is 0 Å². The minimum Gasteiger partial charge on any atom is -0.493 e. The van der Waals surface area contributed by atoms with Crippen LogP contribution in [0.3, 0.4) is 0 Å². The molecule has 2 aromatic carbocycles. The number of carbonyl (C=O) groups is 3. The molecule has 1 saturated heterocycles. The number of benzene rings is 2. The Morgan fingerprint density at radius 2 is 1.72 bits per heavy atom. The highest BCUT2D eigenvalue weighted by atomic mass is 16.7. The fraction of sp³-hybridized carbons (Fsp3) is 0.375. The predicted molar refractivity (Wildman–Crippen MR) is 118 cm³/mol. The zero-order valence-corrected chi connectivity index (χ0v) is 18.6. The van der Waals surface area contributed by atoms with Crippen molar-refractivity contribution >= 4 is 23.5 Å². The van der Waals surface area contributed by atoms with Gasteiger partial charge in [0.25, 0.3) is 0 Å². The molecule has 0 bridgehead atoms. The number of hydrogen-bond acceptors (Lipinski definition) is 6. The van der Waals surface area contributed by atoms with E-state index in [1.165, 1.54) is 0 Å². The molecular formula is C24H28N2O6. The number of carbonyl (C=O) groups excluding carboxylic acids is 3. The van der Waals surface area contributed by atoms with Gasteiger partial charge in [0.1, 0.15) is 19.0 Å². The third-order valence-electron chi connectivity index (χ3n) is 5.05. The maximum Gasteiger partial charge on any atom is 0.338 e. The molecule has 0 aliphatic carbocycles. The molecule has 0 atom stereocenters. The number of imide groups is 2. The Balaban J connectivity index is 1.59. The number of hydrogen-bond donors (Lipinski definition) is 0. The zero-order valence-electron chi connectivity index (χ0n) is 18.6. The van der Waals surface area contributed by atoms with Gasteiger partial charge >= 0.3 is 6.03 Å². The number of ether oxygens (including phenoxy) is 3. The van der Waals surface area contributed by atoms with Gasteiger partial charge < -0.3 is 14.2 Å². The Kier molecular flexibility index (Phi) is 7.97. The fourth-order valence-corrected chi connectivity index (χ4v) is 3.46. The normalized spacial score (nSPS) is 14.3. The van der Waals surface area contributed by atoms with Gasteiger partial charge in [0.05, 0.1) is 18.9 Å². The highest BCUT2D eigenvalue weighted by Crippen LogP contribution is 2.23. The van der Waals surface area contributed by atoms with Crippen molar-refractivity contribution in [2.24, 2.45) is 0 Å². The van der Waals surface area contributed by atoms with Crippen LogP contribution in [0.4, 0.5) is 10.5 Å². The molecule has 170 valence electrons. The van der Waals surface area contributed by atoms with E-state index in [1.54, 1.807) is 31.4 Å². The van der Waals surface area contributed by atoms with Crippen molar-refractivity contribution < 1.29 is 28.6 Å². The number of urea groups is 1. The van der Waals surface area contributed by atoms with Crippen molar-refractivity contribution in [3.63, 3.8) is 0 Å². The van der Waals surface area contributed by atoms with E-state index in [4.69, 9.17) is 14.2 Å². The van der Waals surface area contributed by atoms with E-state index in [2.05, 4.69) is 0 Å². The summed E-state index contributed by atoms with van der Waals surface area (Å²) in [4.78, 5) is 39.9. The van der Waals surface area contributed by atoms with E-state index in [1.807, 2.05) is 32.0 Å². The minimum absolute atomic E-state index is 0.176. The van der Waals surface area contributed by atoms with E-state index in [0.717, 1.165) is 32.2 Å². The highest BCUT2D eigenvalue weighted by Gasteiger charge is 2.38. The second-order valence-electron chi connectivity index (χ2n) is 7.63. The molecule has 8 nitrogen and oxygen atoms in total. The molecule has 0 radical (unpaired) electrons. The fourth-order valence-electron chi connectivity index (χ4n) is 3.46. The zero-order chi connectivity index (χ0) is 23.1. The number of methoxy groups -OCH3 is 1. The summed E-state index contributed by atoms with van der Waals surface area (Å²) in [5, 5.41) is 0. The van der Waals surface area contributed by atoms with Crippen molar-refractivity contribution in [2.75, 3.05) is 32.0 Å². The first-order valence-corrected chi connectivity index (χ1v) is 10.4. The van der Waals surface area contributed by atoms with Crippen LogP contribution in [-0.4, -0.2) is 49.8 Å². The van der Waals surface area contributed by atoms with Crippen LogP contribution in [0.25, 0.3) is 0 Å². The first kappa shape index (κ1) is 23.4. The van der Waals surface area contributed by atoms with Crippen LogP contribution in [0.5, 0.6) is 5.75 Å². The molecule has 1 aliphatic rings. The van der Waals surface area contributed by atoms with Gasteiger partial charge in [0, 0.05) is 13.7 Å². The van der Waals surface area contributed by atoms with Gasteiger partial charge in [0.15, 0.2) is 0 Å². The van der Waals surface area contributed by atoms with Crippen LogP contribution in [0.2, 0.25) is 0 Å². The average Bonchev–Trinajstić information content (AvgIpc) is 2.75. The summed E-state index contributed by atoms with van der Waals surface area (Å²) in [6.45, 7) is 5.04. The maximum atomic E-state index is 12.9. The Morgan fingerprint density at radius 1 is 0.969 bits per heavy atom. The molecule has 1 fully saturated rings. The summed E-state index contributed by atoms with van der Waals surface area (Å²) in [5.74, 6) is -0.253. The number of rotatable bonds is 10. The van der Waals surface area contributed by atoms with Crippen molar-refractivity contribution in [1.82, 2.24) is 4.90 Å². The van der Waals surface area contributed by atoms with Gasteiger partial charge in [-0.25, -0.2) is 9.69 Å². The number of anilines is 1. The number of amides is 4. The first-order chi connectivity index (χ1) is 15.4. The summed E-state index contributed by atoms with van der Waals surface area (Å²) in [5.41, 5.74) is 3.47. The van der Waals surface area contributed by atoms with Gasteiger partial charge in [0.2, 0.25) is 11.8 Å². The van der Waals surface area contributed by atoms with Gasteiger partial charge in [-0.15, -0.1) is 0 Å². The molecule has 2 aromatic rings. The molecule has 1 aliphatic heterocycles. The van der Waals surface area contributed by atoms with Crippen LogP contribution in [0.1, 0.15) is 29.5 Å². The third-order valence-corrected chi connectivity index (χ3v) is 5.05. The van der Waals surface area contributed by atoms with Crippen molar-refractivity contribution in [3.05, 3.63) is 59.2 Å². The number of aryl methyl sites for hydroxylation is 2. The lowest BCUT2D eigenvalue weighted by atomic mass is 10.1. The van der Waals surface area contributed by atoms with E-state index in [0.29, 0.717) is 25.3 Å². The van der Waals surface area contributed by atoms with Crippen molar-refractivity contribution in [2.45, 2.75) is 33.3 Å². The lowest BCUT2D eigenvalue weighted by Gasteiger charge is -2.32. The Bertz CT molecular complexity index is 973. The molecule has 0 unspecified atom stereocenters. The number of nitrogens with zero attached hydrogens (tertiary/aromatic N) is 2. The predicted octanol–water partition coefficient (Wildman–Crippen LogP) is 3.58. The Labute approximate surface area is 187 Å². The highest BCUT2D eigenvalue weighted by molar-refractivity contribution is 6.26. The Morgan fingerprint density at radius 3 is 2.41 bits per heavy atom. The lowest BCUT2D eigenvalue weighted by molar-refractivity contribution is -0.134. The van der Waals surface area contributed by atoms with Crippen molar-refractivity contribution in [3.8, 4) is 5.75 Å². The largest absolute Gasteiger partial charge is 0.493 e. The molecule has 32 heavy (non-hydrogen) atoms. The van der Waals surface area contributed by atoms with Crippen LogP contribution in [0.15, 0.2) is 42.5 Å². The minimum atomic E-state index is -0.638. The molecular weight excluding hydrogens is 412 g/mol. The van der Waals surface area contributed by atoms with Gasteiger partial charge in [-0.05, 0) is 49.6 Å². The molecule has 3 rings (SSSR count). The molecule has 0 spiro atoms. The quantitative estimate of drug-likeness (QED) is 0.319. The van der Waals surface area contributed by atoms with Crippen LogP contribution >= 0.6 is 0 Å². The van der Waals surface area contributed by atoms with Crippen molar-refractivity contribution in [1.29, 1.82) is 0 Å². The molecule has 8 heteroatoms. The average molecular weight is 440 g/mol. The molecule has 0 N–H and O–H groups in total. The standard InChI is InChI=1S/C24H28N2O6/c1-17-5-10-21(18(2)13-17)32-12-4-11-25-22(27)14-23(28)26(24(25)29)20-8-6-19(7-9-20)15-31-16-30-3/h5-10,13H,4,11-12,14-16H2,1-3H3. The van der Waals surface area contributed by atoms with E-state index < -0.39 is 17.8 Å². The van der Waals surface area contributed by atoms with Crippen LogP contribution in [-0.2, 0) is 25.7 Å². The van der Waals surface area contributed by atoms with Gasteiger partial charge in [-0.3, -0.25) is 14.5 Å². The van der Waals surface area contributed by atoms with Gasteiger partial charge in [-0.1, -0.05) is 29.8 Å². The lowest BCUT2D eigenvalue weighted by Crippen LogP contribution is -2.55. The molecule has 1 heterocycles. The summed E-state index contributed by atoms with van der Waals surface area (Å²) in [7, 11) is 1.54. The monoisotopic (exact) mass is 440 g/mol. The second-order valence-corrected chi connectivity index (χ2v) is 7.63. The first-order valence-electron chi connectivity index (χ1n) is 10.4. The van der Waals surface area contributed by atoms with E-state index >= 15 is 0 Å². The van der Waals surface area contributed by atoms with Crippen LogP contribution in [0, 0.1) is 13.8 Å².